The fraction of sp³-hybridized carbons (Fsp3) is 0.339. The fourth-order valence-electron chi connectivity index (χ4n) is 9.75. The van der Waals surface area contributed by atoms with Gasteiger partial charge in [-0.15, -0.1) is 0 Å². The predicted octanol–water partition coefficient (Wildman–Crippen LogP) is 6.67. The van der Waals surface area contributed by atoms with Gasteiger partial charge in [0.1, 0.15) is 30.8 Å². The van der Waals surface area contributed by atoms with Gasteiger partial charge in [-0.05, 0) is 72.1 Å². The van der Waals surface area contributed by atoms with Crippen LogP contribution in [0.4, 0.5) is 4.79 Å². The van der Waals surface area contributed by atoms with E-state index >= 15 is 0 Å². The van der Waals surface area contributed by atoms with Crippen LogP contribution in [0.25, 0.3) is 32.7 Å². The number of carbonyl (C=O) groups excluding carboxylic acids is 6. The molecule has 380 valence electrons. The lowest BCUT2D eigenvalue weighted by Crippen LogP contribution is -2.57. The summed E-state index contributed by atoms with van der Waals surface area (Å²) in [7, 11) is 0. The van der Waals surface area contributed by atoms with Crippen molar-refractivity contribution in [2.24, 2.45) is 11.8 Å². The fourth-order valence-corrected chi connectivity index (χ4v) is 9.75. The number of carbonyl (C=O) groups is 7. The highest BCUT2D eigenvalue weighted by molar-refractivity contribution is 5.97. The van der Waals surface area contributed by atoms with Crippen molar-refractivity contribution in [2.75, 3.05) is 0 Å². The van der Waals surface area contributed by atoms with Gasteiger partial charge in [-0.3, -0.25) is 24.0 Å². The molecule has 0 radical (unpaired) electrons. The number of aromatic amines is 3. The van der Waals surface area contributed by atoms with Crippen LogP contribution >= 0.6 is 0 Å². The number of Topliss-reactive ketones (excluding diaryl/α,β-unsaturated/α-hetero) is 1. The summed E-state index contributed by atoms with van der Waals surface area (Å²) in [5, 5.41) is 26.5. The van der Waals surface area contributed by atoms with Crippen molar-refractivity contribution in [3.63, 3.8) is 0 Å². The standard InChI is InChI=1S/C56H62N8O9/c1-33(2)25-49(55(70)71)63-52(67)46(26-36-29-57-42-19-9-6-16-39(36)42)60-50(65)24-23-35-15-12-22-45(51(35)66)61-53(68)47(27-37-30-58-43-20-10-7-17-40(37)43)62-54(69)48(28-38-31-59-44-21-11-8-18-41(38)44)64-56(72)73-32-34-13-4-3-5-14-34/h3-11,13-14,16-21,29-31,33,35,45-49,57-59H,12,15,22-28,32H2,1-2H3,(H,60,65)(H,61,68)(H,62,69)(H,63,67)(H,64,72)(H,70,71)/t35-,45-,46+,47+,48+,49+/m1/s1. The first-order valence-corrected chi connectivity index (χ1v) is 24.9. The molecular weight excluding hydrogens is 929 g/mol. The molecule has 1 saturated carbocycles. The highest BCUT2D eigenvalue weighted by Gasteiger charge is 2.36. The summed E-state index contributed by atoms with van der Waals surface area (Å²) in [6.45, 7) is 3.68. The number of carboxylic acids is 1. The van der Waals surface area contributed by atoms with Crippen molar-refractivity contribution >= 4 is 74.2 Å². The van der Waals surface area contributed by atoms with Gasteiger partial charge in [-0.2, -0.15) is 0 Å². The molecule has 17 heteroatoms. The van der Waals surface area contributed by atoms with Gasteiger partial charge >= 0.3 is 12.1 Å². The third kappa shape index (κ3) is 13.2. The topological polar surface area (TPSA) is 256 Å². The van der Waals surface area contributed by atoms with Gasteiger partial charge in [-0.1, -0.05) is 105 Å². The van der Waals surface area contributed by atoms with Crippen molar-refractivity contribution < 1.29 is 43.4 Å². The molecule has 0 aliphatic heterocycles. The van der Waals surface area contributed by atoms with Crippen LogP contribution in [0.2, 0.25) is 0 Å². The van der Waals surface area contributed by atoms with Crippen LogP contribution in [0.3, 0.4) is 0 Å². The average Bonchev–Trinajstić information content (AvgIpc) is 4.12. The number of benzene rings is 4. The molecule has 8 rings (SSSR count). The molecule has 0 bridgehead atoms. The Morgan fingerprint density at radius 1 is 0.603 bits per heavy atom. The molecule has 9 N–H and O–H groups in total. The largest absolute Gasteiger partial charge is 0.480 e. The Bertz CT molecular complexity index is 3090. The van der Waals surface area contributed by atoms with Crippen molar-refractivity contribution in [1.29, 1.82) is 0 Å². The van der Waals surface area contributed by atoms with E-state index < -0.39 is 71.8 Å². The molecule has 3 heterocycles. The summed E-state index contributed by atoms with van der Waals surface area (Å²) in [5.41, 5.74) is 5.53. The van der Waals surface area contributed by atoms with E-state index in [2.05, 4.69) is 41.5 Å². The number of alkyl carbamates (subject to hydrolysis) is 1. The second kappa shape index (κ2) is 23.8. The Kier molecular flexibility index (Phi) is 16.7. The monoisotopic (exact) mass is 990 g/mol. The Balaban J connectivity index is 0.958. The molecule has 5 amide bonds. The number of nitrogens with one attached hydrogen (secondary N) is 8. The Labute approximate surface area is 422 Å². The first kappa shape index (κ1) is 51.2. The summed E-state index contributed by atoms with van der Waals surface area (Å²) in [5.74, 6) is -4.42. The first-order valence-electron chi connectivity index (χ1n) is 24.9. The van der Waals surface area contributed by atoms with E-state index in [0.717, 1.165) is 55.0 Å². The summed E-state index contributed by atoms with van der Waals surface area (Å²) < 4.78 is 5.53. The highest BCUT2D eigenvalue weighted by Crippen LogP contribution is 2.27. The molecule has 0 unspecified atom stereocenters. The number of hydrogen-bond acceptors (Lipinski definition) is 8. The first-order chi connectivity index (χ1) is 35.3. The van der Waals surface area contributed by atoms with E-state index in [0.29, 0.717) is 19.3 Å². The van der Waals surface area contributed by atoms with Gasteiger partial charge in [0.05, 0.1) is 6.04 Å². The minimum absolute atomic E-state index is 0.0203. The van der Waals surface area contributed by atoms with Crippen LogP contribution in [0.5, 0.6) is 0 Å². The molecule has 6 atom stereocenters. The zero-order valence-corrected chi connectivity index (χ0v) is 40.9. The molecule has 1 aliphatic rings. The SMILES string of the molecule is CC(C)C[C@H](NC(=O)[C@H](Cc1c[nH]c2ccccc12)NC(=O)CC[C@H]1CCC[C@@H](NC(=O)[C@H](Cc2c[nH]c3ccccc23)NC(=O)[C@H](Cc2c[nH]c3ccccc23)NC(=O)OCc2ccccc2)C1=O)C(=O)O. The molecule has 4 aromatic carbocycles. The van der Waals surface area contributed by atoms with Crippen LogP contribution < -0.4 is 26.6 Å². The number of ether oxygens (including phenoxy) is 1. The second-order valence-corrected chi connectivity index (χ2v) is 19.3. The lowest BCUT2D eigenvalue weighted by Gasteiger charge is -2.30. The Morgan fingerprint density at radius 2 is 1.08 bits per heavy atom. The zero-order chi connectivity index (χ0) is 51.4. The number of rotatable bonds is 22. The third-order valence-corrected chi connectivity index (χ3v) is 13.6. The third-order valence-electron chi connectivity index (χ3n) is 13.6. The van der Waals surface area contributed by atoms with Crippen LogP contribution in [0.1, 0.15) is 74.6 Å². The molecule has 3 aromatic heterocycles. The van der Waals surface area contributed by atoms with Gasteiger partial charge in [0.25, 0.3) is 0 Å². The van der Waals surface area contributed by atoms with Crippen LogP contribution in [-0.2, 0) is 59.4 Å². The normalized spacial score (nSPS) is 16.3. The van der Waals surface area contributed by atoms with Crippen LogP contribution in [0, 0.1) is 11.8 Å². The number of carboxylic acid groups (broad SMARTS) is 1. The van der Waals surface area contributed by atoms with Gasteiger partial charge < -0.3 is 51.4 Å². The van der Waals surface area contributed by atoms with Crippen molar-refractivity contribution in [2.45, 2.75) is 108 Å². The van der Waals surface area contributed by atoms with Gasteiger partial charge in [0.2, 0.25) is 23.6 Å². The summed E-state index contributed by atoms with van der Waals surface area (Å²) in [6, 6.07) is 26.2. The van der Waals surface area contributed by atoms with Crippen molar-refractivity contribution in [3.05, 3.63) is 144 Å². The van der Waals surface area contributed by atoms with Crippen LogP contribution in [0.15, 0.2) is 122 Å². The minimum Gasteiger partial charge on any atom is -0.480 e. The Hall–Kier alpha value is -8.21. The highest BCUT2D eigenvalue weighted by atomic mass is 16.5. The van der Waals surface area contributed by atoms with E-state index in [4.69, 9.17) is 4.74 Å². The number of amides is 5. The number of aliphatic carboxylic acids is 1. The number of fused-ring (bicyclic) bond motifs is 3. The zero-order valence-electron chi connectivity index (χ0n) is 40.9. The summed E-state index contributed by atoms with van der Waals surface area (Å²) >= 11 is 0. The van der Waals surface area contributed by atoms with Crippen molar-refractivity contribution in [1.82, 2.24) is 41.5 Å². The Morgan fingerprint density at radius 3 is 1.60 bits per heavy atom. The number of hydrogen-bond donors (Lipinski definition) is 9. The summed E-state index contributed by atoms with van der Waals surface area (Å²) in [4.78, 5) is 106. The van der Waals surface area contributed by atoms with Gasteiger partial charge in [0, 0.05) is 82.9 Å². The number of para-hydroxylation sites is 3. The maximum absolute atomic E-state index is 14.6. The van der Waals surface area contributed by atoms with E-state index in [1.54, 1.807) is 18.6 Å². The van der Waals surface area contributed by atoms with E-state index in [-0.39, 0.29) is 56.8 Å². The van der Waals surface area contributed by atoms with Crippen LogP contribution in [-0.4, -0.2) is 91.7 Å². The molecule has 0 spiro atoms. The smallest absolute Gasteiger partial charge is 0.408 e. The van der Waals surface area contributed by atoms with E-state index in [9.17, 15) is 38.7 Å². The van der Waals surface area contributed by atoms with Crippen molar-refractivity contribution in [3.8, 4) is 0 Å². The number of H-pyrrole nitrogens is 3. The molecule has 1 aliphatic carbocycles. The van der Waals surface area contributed by atoms with Gasteiger partial charge in [0.15, 0.2) is 5.78 Å². The molecule has 73 heavy (non-hydrogen) atoms. The number of ketones is 1. The lowest BCUT2D eigenvalue weighted by atomic mass is 9.81. The quantitative estimate of drug-likeness (QED) is 0.0351. The molecule has 1 fully saturated rings. The van der Waals surface area contributed by atoms with E-state index in [1.165, 1.54) is 0 Å². The van der Waals surface area contributed by atoms with Gasteiger partial charge in [-0.25, -0.2) is 9.59 Å². The number of aromatic nitrogens is 3. The average molecular weight is 991 g/mol. The molecule has 0 saturated heterocycles. The maximum atomic E-state index is 14.6. The molecule has 17 nitrogen and oxygen atoms in total. The van der Waals surface area contributed by atoms with E-state index in [1.807, 2.05) is 117 Å². The second-order valence-electron chi connectivity index (χ2n) is 19.3. The molecular formula is C56H62N8O9. The maximum Gasteiger partial charge on any atom is 0.408 e. The lowest BCUT2D eigenvalue weighted by molar-refractivity contribution is -0.142. The molecule has 7 aromatic rings. The minimum atomic E-state index is -1.19. The summed E-state index contributed by atoms with van der Waals surface area (Å²) in [6.07, 6.45) is 6.29. The predicted molar refractivity (Wildman–Crippen MR) is 276 cm³/mol.